The number of hydrogen-bond donors (Lipinski definition) is 1. The van der Waals surface area contributed by atoms with Gasteiger partial charge in [-0.3, -0.25) is 4.79 Å². The van der Waals surface area contributed by atoms with Gasteiger partial charge in [0.1, 0.15) is 0 Å². The summed E-state index contributed by atoms with van der Waals surface area (Å²) in [6.45, 7) is 0.742. The molecule has 0 aliphatic carbocycles. The summed E-state index contributed by atoms with van der Waals surface area (Å²) in [7, 11) is 0. The molecule has 1 aliphatic heterocycles. The summed E-state index contributed by atoms with van der Waals surface area (Å²) in [5.74, 6) is 0.119. The Bertz CT molecular complexity index is 612. The average Bonchev–Trinajstić information content (AvgIpc) is 2.56. The Labute approximate surface area is 131 Å². The summed E-state index contributed by atoms with van der Waals surface area (Å²) in [6.07, 6.45) is 2.62. The van der Waals surface area contributed by atoms with Crippen LogP contribution in [-0.4, -0.2) is 29.4 Å². The first-order valence-electron chi connectivity index (χ1n) is 7.89. The van der Waals surface area contributed by atoms with Crippen LogP contribution in [0.2, 0.25) is 0 Å². The summed E-state index contributed by atoms with van der Waals surface area (Å²) < 4.78 is 0. The van der Waals surface area contributed by atoms with E-state index in [2.05, 4.69) is 12.1 Å². The molecular formula is C19H22N2O. The van der Waals surface area contributed by atoms with Crippen molar-refractivity contribution < 1.29 is 4.79 Å². The Morgan fingerprint density at radius 2 is 1.68 bits per heavy atom. The summed E-state index contributed by atoms with van der Waals surface area (Å²) in [4.78, 5) is 14.8. The van der Waals surface area contributed by atoms with Gasteiger partial charge in [-0.1, -0.05) is 48.5 Å². The highest BCUT2D eigenvalue weighted by molar-refractivity contribution is 5.94. The van der Waals surface area contributed by atoms with E-state index >= 15 is 0 Å². The average molecular weight is 294 g/mol. The molecule has 3 rings (SSSR count). The van der Waals surface area contributed by atoms with Gasteiger partial charge in [-0.05, 0) is 37.0 Å². The zero-order valence-electron chi connectivity index (χ0n) is 12.7. The quantitative estimate of drug-likeness (QED) is 0.946. The number of likely N-dealkylation sites (tertiary alicyclic amines) is 1. The molecule has 2 aromatic carbocycles. The number of rotatable bonds is 3. The van der Waals surface area contributed by atoms with Gasteiger partial charge in [-0.15, -0.1) is 0 Å². The zero-order chi connectivity index (χ0) is 15.4. The SMILES string of the molecule is NC1CCN(C(=O)c2ccccc2)C(Cc2ccccc2)C1. The third-order valence-corrected chi connectivity index (χ3v) is 4.35. The van der Waals surface area contributed by atoms with Crippen molar-refractivity contribution in [2.45, 2.75) is 31.3 Å². The number of benzene rings is 2. The molecule has 2 aromatic rings. The Hall–Kier alpha value is -2.13. The second-order valence-corrected chi connectivity index (χ2v) is 5.99. The number of carbonyl (C=O) groups is 1. The minimum absolute atomic E-state index is 0.119. The van der Waals surface area contributed by atoms with Crippen LogP contribution >= 0.6 is 0 Å². The van der Waals surface area contributed by atoms with Crippen LogP contribution in [0, 0.1) is 0 Å². The van der Waals surface area contributed by atoms with E-state index in [1.165, 1.54) is 5.56 Å². The van der Waals surface area contributed by atoms with Crippen LogP contribution < -0.4 is 5.73 Å². The normalized spacial score (nSPS) is 21.6. The highest BCUT2D eigenvalue weighted by Gasteiger charge is 2.30. The predicted octanol–water partition coefficient (Wildman–Crippen LogP) is 2.86. The van der Waals surface area contributed by atoms with Crippen molar-refractivity contribution in [1.82, 2.24) is 4.90 Å². The molecule has 3 nitrogen and oxygen atoms in total. The molecule has 0 spiro atoms. The van der Waals surface area contributed by atoms with Crippen molar-refractivity contribution in [3.8, 4) is 0 Å². The van der Waals surface area contributed by atoms with Crippen LogP contribution in [-0.2, 0) is 6.42 Å². The summed E-state index contributed by atoms with van der Waals surface area (Å²) in [5, 5.41) is 0. The molecular weight excluding hydrogens is 272 g/mol. The topological polar surface area (TPSA) is 46.3 Å². The molecule has 1 saturated heterocycles. The molecule has 2 unspecified atom stereocenters. The third-order valence-electron chi connectivity index (χ3n) is 4.35. The fourth-order valence-electron chi connectivity index (χ4n) is 3.18. The van der Waals surface area contributed by atoms with Crippen LogP contribution in [0.15, 0.2) is 60.7 Å². The minimum Gasteiger partial charge on any atom is -0.335 e. The molecule has 1 heterocycles. The van der Waals surface area contributed by atoms with Crippen molar-refractivity contribution in [3.05, 3.63) is 71.8 Å². The van der Waals surface area contributed by atoms with Gasteiger partial charge in [0.2, 0.25) is 0 Å². The van der Waals surface area contributed by atoms with E-state index in [-0.39, 0.29) is 18.0 Å². The van der Waals surface area contributed by atoms with Gasteiger partial charge in [0.25, 0.3) is 5.91 Å². The lowest BCUT2D eigenvalue weighted by Crippen LogP contribution is -2.50. The lowest BCUT2D eigenvalue weighted by molar-refractivity contribution is 0.0595. The Balaban J connectivity index is 1.79. The molecule has 0 saturated carbocycles. The van der Waals surface area contributed by atoms with Gasteiger partial charge < -0.3 is 10.6 Å². The smallest absolute Gasteiger partial charge is 0.254 e. The zero-order valence-corrected chi connectivity index (χ0v) is 12.7. The van der Waals surface area contributed by atoms with Gasteiger partial charge in [-0.25, -0.2) is 0 Å². The molecule has 1 amide bonds. The molecule has 0 aromatic heterocycles. The van der Waals surface area contributed by atoms with Crippen LogP contribution in [0.4, 0.5) is 0 Å². The predicted molar refractivity (Wildman–Crippen MR) is 88.6 cm³/mol. The summed E-state index contributed by atoms with van der Waals surface area (Å²) >= 11 is 0. The first-order chi connectivity index (χ1) is 10.7. The molecule has 2 atom stereocenters. The maximum Gasteiger partial charge on any atom is 0.254 e. The minimum atomic E-state index is 0.119. The molecule has 1 aliphatic rings. The molecule has 0 radical (unpaired) electrons. The maximum atomic E-state index is 12.8. The highest BCUT2D eigenvalue weighted by atomic mass is 16.2. The fraction of sp³-hybridized carbons (Fsp3) is 0.316. The van der Waals surface area contributed by atoms with Crippen molar-refractivity contribution in [3.63, 3.8) is 0 Å². The van der Waals surface area contributed by atoms with Crippen molar-refractivity contribution >= 4 is 5.91 Å². The number of carbonyl (C=O) groups excluding carboxylic acids is 1. The van der Waals surface area contributed by atoms with E-state index in [4.69, 9.17) is 5.73 Å². The molecule has 0 bridgehead atoms. The Morgan fingerprint density at radius 1 is 1.05 bits per heavy atom. The molecule has 3 heteroatoms. The number of amides is 1. The van der Waals surface area contributed by atoms with Crippen LogP contribution in [0.1, 0.15) is 28.8 Å². The second kappa shape index (κ2) is 6.75. The Morgan fingerprint density at radius 3 is 2.36 bits per heavy atom. The van der Waals surface area contributed by atoms with Crippen molar-refractivity contribution in [1.29, 1.82) is 0 Å². The van der Waals surface area contributed by atoms with E-state index in [0.29, 0.717) is 0 Å². The lowest BCUT2D eigenvalue weighted by atomic mass is 9.92. The van der Waals surface area contributed by atoms with Crippen LogP contribution in [0.25, 0.3) is 0 Å². The standard InChI is InChI=1S/C19H22N2O/c20-17-11-12-21(19(22)16-9-5-2-6-10-16)18(14-17)13-15-7-3-1-4-8-15/h1-10,17-18H,11-14,20H2. The Kier molecular flexibility index (Phi) is 4.54. The van der Waals surface area contributed by atoms with Gasteiger partial charge in [0.15, 0.2) is 0 Å². The van der Waals surface area contributed by atoms with Gasteiger partial charge in [0.05, 0.1) is 0 Å². The van der Waals surface area contributed by atoms with Crippen LogP contribution in [0.5, 0.6) is 0 Å². The summed E-state index contributed by atoms with van der Waals surface area (Å²) in [5.41, 5.74) is 8.16. The van der Waals surface area contributed by atoms with Crippen molar-refractivity contribution in [2.75, 3.05) is 6.54 Å². The van der Waals surface area contributed by atoms with Crippen molar-refractivity contribution in [2.24, 2.45) is 5.73 Å². The van der Waals surface area contributed by atoms with E-state index in [1.54, 1.807) is 0 Å². The highest BCUT2D eigenvalue weighted by Crippen LogP contribution is 2.22. The van der Waals surface area contributed by atoms with E-state index in [9.17, 15) is 4.79 Å². The first-order valence-corrected chi connectivity index (χ1v) is 7.89. The largest absolute Gasteiger partial charge is 0.335 e. The maximum absolute atomic E-state index is 12.8. The van der Waals surface area contributed by atoms with Gasteiger partial charge in [0, 0.05) is 24.2 Å². The molecule has 2 N–H and O–H groups in total. The van der Waals surface area contributed by atoms with E-state index in [1.807, 2.05) is 53.4 Å². The monoisotopic (exact) mass is 294 g/mol. The number of piperidine rings is 1. The van der Waals surface area contributed by atoms with E-state index < -0.39 is 0 Å². The third kappa shape index (κ3) is 3.37. The molecule has 22 heavy (non-hydrogen) atoms. The number of hydrogen-bond acceptors (Lipinski definition) is 2. The van der Waals surface area contributed by atoms with E-state index in [0.717, 1.165) is 31.4 Å². The summed E-state index contributed by atoms with van der Waals surface area (Å²) in [6, 6.07) is 20.2. The number of nitrogens with zero attached hydrogens (tertiary/aromatic N) is 1. The van der Waals surface area contributed by atoms with Gasteiger partial charge in [-0.2, -0.15) is 0 Å². The second-order valence-electron chi connectivity index (χ2n) is 5.99. The molecule has 114 valence electrons. The number of nitrogens with two attached hydrogens (primary N) is 1. The lowest BCUT2D eigenvalue weighted by Gasteiger charge is -2.38. The van der Waals surface area contributed by atoms with Gasteiger partial charge >= 0.3 is 0 Å². The van der Waals surface area contributed by atoms with Crippen LogP contribution in [0.3, 0.4) is 0 Å². The molecule has 1 fully saturated rings. The first kappa shape index (κ1) is 14.8. The fourth-order valence-corrected chi connectivity index (χ4v) is 3.18.